The maximum absolute atomic E-state index is 11.1. The molecule has 0 radical (unpaired) electrons. The second kappa shape index (κ2) is 1.77. The highest BCUT2D eigenvalue weighted by atomic mass is 16.7. The van der Waals surface area contributed by atoms with Crippen molar-refractivity contribution in [3.05, 3.63) is 0 Å². The summed E-state index contributed by atoms with van der Waals surface area (Å²) in [5.41, 5.74) is -0.306. The molecule has 4 heterocycles. The van der Waals surface area contributed by atoms with Gasteiger partial charge in [0.2, 0.25) is 0 Å². The Morgan fingerprint density at radius 3 is 2.85 bits per heavy atom. The van der Waals surface area contributed by atoms with Crippen LogP contribution >= 0.6 is 0 Å². The number of esters is 1. The average molecular weight is 182 g/mol. The number of hydrogen-bond acceptors (Lipinski definition) is 4. The molecule has 0 aliphatic carbocycles. The minimum Gasteiger partial charge on any atom is -0.456 e. The SMILES string of the molecule is O=C1CCC2(CC3OC2C2OC32)O1. The molecule has 0 amide bonds. The minimum atomic E-state index is -0.306. The lowest BCUT2D eigenvalue weighted by molar-refractivity contribution is -0.153. The first-order valence-corrected chi connectivity index (χ1v) is 4.81. The summed E-state index contributed by atoms with van der Waals surface area (Å²) < 4.78 is 16.6. The number of carbonyl (C=O) groups excluding carboxylic acids is 1. The van der Waals surface area contributed by atoms with E-state index in [1.165, 1.54) is 0 Å². The van der Waals surface area contributed by atoms with Crippen LogP contribution in [-0.4, -0.2) is 36.0 Å². The second-order valence-corrected chi connectivity index (χ2v) is 4.40. The van der Waals surface area contributed by atoms with Crippen LogP contribution in [0.3, 0.4) is 0 Å². The zero-order valence-corrected chi connectivity index (χ0v) is 7.06. The maximum atomic E-state index is 11.1. The first-order chi connectivity index (χ1) is 6.28. The zero-order chi connectivity index (χ0) is 8.63. The Morgan fingerprint density at radius 2 is 2.23 bits per heavy atom. The van der Waals surface area contributed by atoms with Crippen LogP contribution in [-0.2, 0) is 19.0 Å². The lowest BCUT2D eigenvalue weighted by atomic mass is 9.83. The van der Waals surface area contributed by atoms with E-state index in [0.717, 1.165) is 12.8 Å². The Kier molecular flexibility index (Phi) is 0.922. The third-order valence-corrected chi connectivity index (χ3v) is 3.68. The number of carbonyl (C=O) groups is 1. The summed E-state index contributed by atoms with van der Waals surface area (Å²) in [6, 6.07) is 0. The Morgan fingerprint density at radius 1 is 1.31 bits per heavy atom. The summed E-state index contributed by atoms with van der Waals surface area (Å²) in [4.78, 5) is 11.1. The van der Waals surface area contributed by atoms with Gasteiger partial charge in [0.1, 0.15) is 23.9 Å². The van der Waals surface area contributed by atoms with Crippen molar-refractivity contribution in [2.24, 2.45) is 0 Å². The fraction of sp³-hybridized carbons (Fsp3) is 0.889. The third kappa shape index (κ3) is 0.647. The largest absolute Gasteiger partial charge is 0.456 e. The summed E-state index contributed by atoms with van der Waals surface area (Å²) in [6.45, 7) is 0. The number of rotatable bonds is 0. The van der Waals surface area contributed by atoms with Crippen molar-refractivity contribution in [3.63, 3.8) is 0 Å². The lowest BCUT2D eigenvalue weighted by Gasteiger charge is -2.27. The molecule has 70 valence electrons. The van der Waals surface area contributed by atoms with E-state index in [-0.39, 0.29) is 29.9 Å². The molecule has 4 aliphatic rings. The molecule has 0 saturated carbocycles. The van der Waals surface area contributed by atoms with Crippen LogP contribution in [0, 0.1) is 0 Å². The molecule has 4 rings (SSSR count). The molecule has 4 nitrogen and oxygen atoms in total. The summed E-state index contributed by atoms with van der Waals surface area (Å²) in [5, 5.41) is 0. The van der Waals surface area contributed by atoms with Crippen molar-refractivity contribution in [1.29, 1.82) is 0 Å². The Bertz CT molecular complexity index is 302. The molecule has 13 heavy (non-hydrogen) atoms. The van der Waals surface area contributed by atoms with Crippen molar-refractivity contribution < 1.29 is 19.0 Å². The molecule has 4 heteroatoms. The van der Waals surface area contributed by atoms with Crippen LogP contribution in [0.25, 0.3) is 0 Å². The minimum absolute atomic E-state index is 0.0361. The number of fused-ring (bicyclic) bond motifs is 6. The van der Waals surface area contributed by atoms with Gasteiger partial charge in [-0.25, -0.2) is 0 Å². The van der Waals surface area contributed by atoms with Crippen LogP contribution in [0.15, 0.2) is 0 Å². The summed E-state index contributed by atoms with van der Waals surface area (Å²) in [6.07, 6.45) is 2.99. The maximum Gasteiger partial charge on any atom is 0.306 e. The molecule has 5 atom stereocenters. The smallest absolute Gasteiger partial charge is 0.306 e. The van der Waals surface area contributed by atoms with Gasteiger partial charge in [0.05, 0.1) is 6.10 Å². The lowest BCUT2D eigenvalue weighted by Crippen LogP contribution is -2.43. The zero-order valence-electron chi connectivity index (χ0n) is 7.06. The van der Waals surface area contributed by atoms with E-state index in [0.29, 0.717) is 12.5 Å². The van der Waals surface area contributed by atoms with Gasteiger partial charge in [0.15, 0.2) is 0 Å². The Balaban J connectivity index is 1.72. The fourth-order valence-corrected chi connectivity index (χ4v) is 3.05. The van der Waals surface area contributed by atoms with E-state index in [1.807, 2.05) is 0 Å². The number of epoxide rings is 1. The molecule has 0 aromatic carbocycles. The van der Waals surface area contributed by atoms with Gasteiger partial charge in [-0.05, 0) is 0 Å². The van der Waals surface area contributed by atoms with Gasteiger partial charge in [-0.1, -0.05) is 0 Å². The average Bonchev–Trinajstić information content (AvgIpc) is 2.58. The number of ether oxygens (including phenoxy) is 3. The first-order valence-electron chi connectivity index (χ1n) is 4.81. The van der Waals surface area contributed by atoms with E-state index < -0.39 is 0 Å². The predicted molar refractivity (Wildman–Crippen MR) is 40.0 cm³/mol. The summed E-state index contributed by atoms with van der Waals surface area (Å²) >= 11 is 0. The van der Waals surface area contributed by atoms with E-state index in [9.17, 15) is 4.79 Å². The highest BCUT2D eigenvalue weighted by Gasteiger charge is 2.73. The third-order valence-electron chi connectivity index (χ3n) is 3.68. The van der Waals surface area contributed by atoms with Crippen molar-refractivity contribution in [2.45, 2.75) is 49.3 Å². The molecule has 4 aliphatic heterocycles. The summed E-state index contributed by atoms with van der Waals surface area (Å²) in [5.74, 6) is -0.0756. The fourth-order valence-electron chi connectivity index (χ4n) is 3.05. The van der Waals surface area contributed by atoms with Crippen molar-refractivity contribution in [1.82, 2.24) is 0 Å². The molecule has 4 fully saturated rings. The van der Waals surface area contributed by atoms with E-state index in [1.54, 1.807) is 0 Å². The van der Waals surface area contributed by atoms with Gasteiger partial charge in [0, 0.05) is 19.3 Å². The standard InChI is InChI=1S/C9H10O4/c10-5-1-2-9(13-5)3-4-6-7(12-6)8(9)11-4/h4,6-8H,1-3H2. The molecule has 0 aromatic rings. The molecule has 0 aromatic heterocycles. The van der Waals surface area contributed by atoms with Gasteiger partial charge in [-0.2, -0.15) is 0 Å². The molecule has 4 saturated heterocycles. The monoisotopic (exact) mass is 182 g/mol. The van der Waals surface area contributed by atoms with Crippen molar-refractivity contribution >= 4 is 5.97 Å². The van der Waals surface area contributed by atoms with Crippen molar-refractivity contribution in [3.8, 4) is 0 Å². The molecule has 2 bridgehead atoms. The van der Waals surface area contributed by atoms with E-state index >= 15 is 0 Å². The van der Waals surface area contributed by atoms with Gasteiger partial charge < -0.3 is 14.2 Å². The Hall–Kier alpha value is -0.610. The molecule has 0 N–H and O–H groups in total. The highest BCUT2D eigenvalue weighted by molar-refractivity contribution is 5.72. The quantitative estimate of drug-likeness (QED) is 0.391. The normalized spacial score (nSPS) is 61.4. The topological polar surface area (TPSA) is 48.1 Å². The van der Waals surface area contributed by atoms with E-state index in [4.69, 9.17) is 14.2 Å². The van der Waals surface area contributed by atoms with Crippen LogP contribution < -0.4 is 0 Å². The Labute approximate surface area is 75.1 Å². The number of hydrogen-bond donors (Lipinski definition) is 0. The van der Waals surface area contributed by atoms with Crippen molar-refractivity contribution in [2.75, 3.05) is 0 Å². The summed E-state index contributed by atoms with van der Waals surface area (Å²) in [7, 11) is 0. The molecule has 1 spiro atoms. The second-order valence-electron chi connectivity index (χ2n) is 4.40. The van der Waals surface area contributed by atoms with Gasteiger partial charge in [-0.15, -0.1) is 0 Å². The van der Waals surface area contributed by atoms with Crippen LogP contribution in [0.2, 0.25) is 0 Å². The van der Waals surface area contributed by atoms with Gasteiger partial charge >= 0.3 is 5.97 Å². The van der Waals surface area contributed by atoms with Crippen LogP contribution in [0.1, 0.15) is 19.3 Å². The van der Waals surface area contributed by atoms with Crippen LogP contribution in [0.4, 0.5) is 0 Å². The highest BCUT2D eigenvalue weighted by Crippen LogP contribution is 2.56. The predicted octanol–water partition coefficient (Wildman–Crippen LogP) is 0.000700. The van der Waals surface area contributed by atoms with Gasteiger partial charge in [0.25, 0.3) is 0 Å². The first kappa shape index (κ1) is 6.79. The molecular formula is C9H10O4. The van der Waals surface area contributed by atoms with Gasteiger partial charge in [-0.3, -0.25) is 4.79 Å². The van der Waals surface area contributed by atoms with E-state index in [2.05, 4.69) is 0 Å². The molecule has 5 unspecified atom stereocenters. The molecular weight excluding hydrogens is 172 g/mol. The van der Waals surface area contributed by atoms with Crippen LogP contribution in [0.5, 0.6) is 0 Å².